The topological polar surface area (TPSA) is 140 Å². The standard InChI is InChI=1S/C25H26N6O3S2/c1-25(2,3)22-31-20(19-12-13-27-23(26)30-19)21(35-22)15-6-5-7-17(14-15)29-24(32)28-16-8-10-18(11-9-16)36(4,33)34/h5-14H,1-4H3,(H2,26,27,30)(H2,28,29,32). The summed E-state index contributed by atoms with van der Waals surface area (Å²) in [5.41, 5.74) is 8.89. The Labute approximate surface area is 213 Å². The largest absolute Gasteiger partial charge is 0.368 e. The van der Waals surface area contributed by atoms with Crippen molar-refractivity contribution < 1.29 is 13.2 Å². The van der Waals surface area contributed by atoms with Crippen molar-refractivity contribution in [2.45, 2.75) is 31.1 Å². The van der Waals surface area contributed by atoms with Crippen LogP contribution in [0.3, 0.4) is 0 Å². The zero-order chi connectivity index (χ0) is 26.1. The second-order valence-electron chi connectivity index (χ2n) is 9.20. The number of nitrogens with zero attached hydrogens (tertiary/aromatic N) is 3. The molecule has 0 aliphatic rings. The quantitative estimate of drug-likeness (QED) is 0.327. The van der Waals surface area contributed by atoms with Crippen LogP contribution in [0.25, 0.3) is 21.8 Å². The number of thiazole rings is 1. The molecule has 0 fully saturated rings. The van der Waals surface area contributed by atoms with Crippen LogP contribution in [0, 0.1) is 0 Å². The maximum Gasteiger partial charge on any atom is 0.323 e. The average molecular weight is 523 g/mol. The lowest BCUT2D eigenvalue weighted by atomic mass is 9.98. The normalized spacial score (nSPS) is 11.8. The van der Waals surface area contributed by atoms with Gasteiger partial charge in [-0.3, -0.25) is 0 Å². The van der Waals surface area contributed by atoms with Gasteiger partial charge in [0, 0.05) is 29.2 Å². The number of carbonyl (C=O) groups is 1. The molecule has 9 nitrogen and oxygen atoms in total. The Morgan fingerprint density at radius 1 is 0.972 bits per heavy atom. The van der Waals surface area contributed by atoms with E-state index in [1.54, 1.807) is 29.7 Å². The smallest absolute Gasteiger partial charge is 0.323 e. The van der Waals surface area contributed by atoms with Crippen molar-refractivity contribution in [3.8, 4) is 21.8 Å². The van der Waals surface area contributed by atoms with E-state index in [0.717, 1.165) is 21.7 Å². The fourth-order valence-corrected chi connectivity index (χ4v) is 5.09. The number of anilines is 3. The Balaban J connectivity index is 1.60. The number of aromatic nitrogens is 3. The van der Waals surface area contributed by atoms with Gasteiger partial charge in [0.05, 0.1) is 20.5 Å². The fraction of sp³-hybridized carbons (Fsp3) is 0.200. The second kappa shape index (κ2) is 9.67. The Morgan fingerprint density at radius 3 is 2.31 bits per heavy atom. The lowest BCUT2D eigenvalue weighted by Gasteiger charge is -2.13. The first-order valence-electron chi connectivity index (χ1n) is 11.0. The van der Waals surface area contributed by atoms with E-state index in [9.17, 15) is 13.2 Å². The number of nitrogen functional groups attached to an aromatic ring is 1. The number of carbonyl (C=O) groups excluding carboxylic acids is 1. The van der Waals surface area contributed by atoms with Crippen molar-refractivity contribution in [3.05, 3.63) is 65.8 Å². The van der Waals surface area contributed by atoms with Crippen LogP contribution >= 0.6 is 11.3 Å². The number of hydrogen-bond acceptors (Lipinski definition) is 8. The summed E-state index contributed by atoms with van der Waals surface area (Å²) in [6.07, 6.45) is 2.73. The van der Waals surface area contributed by atoms with Gasteiger partial charge < -0.3 is 16.4 Å². The molecule has 4 aromatic rings. The minimum atomic E-state index is -3.31. The lowest BCUT2D eigenvalue weighted by Crippen LogP contribution is -2.19. The molecule has 0 bridgehead atoms. The van der Waals surface area contributed by atoms with E-state index in [1.165, 1.54) is 24.3 Å². The minimum Gasteiger partial charge on any atom is -0.368 e. The van der Waals surface area contributed by atoms with Gasteiger partial charge in [-0.25, -0.2) is 28.2 Å². The molecule has 0 aliphatic heterocycles. The monoisotopic (exact) mass is 522 g/mol. The van der Waals surface area contributed by atoms with E-state index in [4.69, 9.17) is 10.7 Å². The highest BCUT2D eigenvalue weighted by Crippen LogP contribution is 2.40. The van der Waals surface area contributed by atoms with Gasteiger partial charge >= 0.3 is 6.03 Å². The van der Waals surface area contributed by atoms with Crippen LogP contribution < -0.4 is 16.4 Å². The summed E-state index contributed by atoms with van der Waals surface area (Å²) < 4.78 is 23.3. The maximum atomic E-state index is 12.6. The molecule has 2 aromatic heterocycles. The molecule has 2 amide bonds. The van der Waals surface area contributed by atoms with Gasteiger partial charge in [0.2, 0.25) is 5.95 Å². The van der Waals surface area contributed by atoms with Gasteiger partial charge in [-0.05, 0) is 48.0 Å². The van der Waals surface area contributed by atoms with E-state index in [-0.39, 0.29) is 16.3 Å². The summed E-state index contributed by atoms with van der Waals surface area (Å²) in [7, 11) is -3.31. The third-order valence-electron chi connectivity index (χ3n) is 5.11. The molecule has 11 heteroatoms. The number of nitrogens with two attached hydrogens (primary N) is 1. The highest BCUT2D eigenvalue weighted by molar-refractivity contribution is 7.90. The van der Waals surface area contributed by atoms with Crippen molar-refractivity contribution in [1.82, 2.24) is 15.0 Å². The SMILES string of the molecule is CC(C)(C)c1nc(-c2ccnc(N)n2)c(-c2cccc(NC(=O)Nc3ccc(S(C)(=O)=O)cc3)c2)s1. The Kier molecular flexibility index (Phi) is 6.79. The summed E-state index contributed by atoms with van der Waals surface area (Å²) in [6, 6.07) is 14.7. The summed E-state index contributed by atoms with van der Waals surface area (Å²) in [4.78, 5) is 26.9. The van der Waals surface area contributed by atoms with Crippen LogP contribution in [-0.4, -0.2) is 35.7 Å². The van der Waals surface area contributed by atoms with Gasteiger partial charge in [-0.15, -0.1) is 11.3 Å². The molecule has 4 N–H and O–H groups in total. The minimum absolute atomic E-state index is 0.167. The number of nitrogens with one attached hydrogen (secondary N) is 2. The average Bonchev–Trinajstić information content (AvgIpc) is 3.25. The van der Waals surface area contributed by atoms with Crippen molar-refractivity contribution in [1.29, 1.82) is 0 Å². The van der Waals surface area contributed by atoms with Gasteiger partial charge in [0.25, 0.3) is 0 Å². The van der Waals surface area contributed by atoms with Crippen molar-refractivity contribution in [3.63, 3.8) is 0 Å². The Morgan fingerprint density at radius 2 is 1.67 bits per heavy atom. The number of urea groups is 1. The summed E-state index contributed by atoms with van der Waals surface area (Å²) in [5, 5.41) is 6.47. The zero-order valence-corrected chi connectivity index (χ0v) is 21.9. The van der Waals surface area contributed by atoms with Gasteiger partial charge in [-0.1, -0.05) is 32.9 Å². The number of sulfone groups is 1. The van der Waals surface area contributed by atoms with E-state index >= 15 is 0 Å². The van der Waals surface area contributed by atoms with Crippen molar-refractivity contribution in [2.24, 2.45) is 0 Å². The second-order valence-corrected chi connectivity index (χ2v) is 12.2. The molecular weight excluding hydrogens is 496 g/mol. The maximum absolute atomic E-state index is 12.6. The van der Waals surface area contributed by atoms with Gasteiger partial charge in [0.15, 0.2) is 9.84 Å². The first kappa shape index (κ1) is 25.3. The highest BCUT2D eigenvalue weighted by Gasteiger charge is 2.24. The number of hydrogen-bond donors (Lipinski definition) is 3. The van der Waals surface area contributed by atoms with Crippen LogP contribution in [0.4, 0.5) is 22.1 Å². The van der Waals surface area contributed by atoms with Crippen LogP contribution in [0.5, 0.6) is 0 Å². The van der Waals surface area contributed by atoms with Gasteiger partial charge in [0.1, 0.15) is 5.69 Å². The molecule has 186 valence electrons. The predicted octanol–water partition coefficient (Wildman–Crippen LogP) is 5.19. The van der Waals surface area contributed by atoms with Crippen LogP contribution in [0.2, 0.25) is 0 Å². The Bertz CT molecular complexity index is 1520. The zero-order valence-electron chi connectivity index (χ0n) is 20.2. The lowest BCUT2D eigenvalue weighted by molar-refractivity contribution is 0.262. The molecule has 0 radical (unpaired) electrons. The molecule has 0 saturated heterocycles. The van der Waals surface area contributed by atoms with Crippen molar-refractivity contribution >= 4 is 44.5 Å². The third-order valence-corrected chi connectivity index (χ3v) is 7.77. The van der Waals surface area contributed by atoms with E-state index in [1.807, 2.05) is 18.2 Å². The summed E-state index contributed by atoms with van der Waals surface area (Å²) in [5.74, 6) is 0.167. The summed E-state index contributed by atoms with van der Waals surface area (Å²) >= 11 is 1.56. The fourth-order valence-electron chi connectivity index (χ4n) is 3.33. The number of benzene rings is 2. The number of rotatable bonds is 5. The molecule has 4 rings (SSSR count). The molecule has 0 spiro atoms. The molecule has 0 aliphatic carbocycles. The van der Waals surface area contributed by atoms with Crippen molar-refractivity contribution in [2.75, 3.05) is 22.6 Å². The van der Waals surface area contributed by atoms with Crippen LogP contribution in [-0.2, 0) is 15.3 Å². The van der Waals surface area contributed by atoms with Crippen LogP contribution in [0.15, 0.2) is 65.7 Å². The highest BCUT2D eigenvalue weighted by atomic mass is 32.2. The van der Waals surface area contributed by atoms with Crippen LogP contribution in [0.1, 0.15) is 25.8 Å². The molecule has 0 saturated carbocycles. The van der Waals surface area contributed by atoms with Gasteiger partial charge in [-0.2, -0.15) is 0 Å². The third kappa shape index (κ3) is 5.86. The van der Waals surface area contributed by atoms with E-state index in [0.29, 0.717) is 22.8 Å². The summed E-state index contributed by atoms with van der Waals surface area (Å²) in [6.45, 7) is 6.29. The molecule has 0 unspecified atom stereocenters. The van der Waals surface area contributed by atoms with E-state index < -0.39 is 15.9 Å². The molecule has 2 heterocycles. The first-order valence-corrected chi connectivity index (χ1v) is 13.7. The molecule has 2 aromatic carbocycles. The molecule has 36 heavy (non-hydrogen) atoms. The van der Waals surface area contributed by atoms with E-state index in [2.05, 4.69) is 41.4 Å². The Hall–Kier alpha value is -3.83. The predicted molar refractivity (Wildman–Crippen MR) is 144 cm³/mol. The first-order chi connectivity index (χ1) is 16.9. The number of amides is 2. The molecular formula is C25H26N6O3S2. The molecule has 0 atom stereocenters.